The van der Waals surface area contributed by atoms with Crippen molar-refractivity contribution in [2.24, 2.45) is 0 Å². The summed E-state index contributed by atoms with van der Waals surface area (Å²) in [7, 11) is 0. The minimum Gasteiger partial charge on any atom is -0.493 e. The Morgan fingerprint density at radius 1 is 1.05 bits per heavy atom. The van der Waals surface area contributed by atoms with E-state index in [0.717, 1.165) is 16.8 Å². The van der Waals surface area contributed by atoms with Gasteiger partial charge in [-0.1, -0.05) is 36.4 Å². The van der Waals surface area contributed by atoms with Crippen molar-refractivity contribution in [1.29, 1.82) is 0 Å². The maximum Gasteiger partial charge on any atom is 0.255 e. The molecule has 210 valence electrons. The van der Waals surface area contributed by atoms with Crippen molar-refractivity contribution in [3.8, 4) is 16.9 Å². The van der Waals surface area contributed by atoms with Gasteiger partial charge >= 0.3 is 0 Å². The molecule has 2 fully saturated rings. The van der Waals surface area contributed by atoms with Crippen LogP contribution in [0.2, 0.25) is 0 Å². The van der Waals surface area contributed by atoms with Crippen LogP contribution in [0.25, 0.3) is 11.1 Å². The van der Waals surface area contributed by atoms with Crippen LogP contribution in [0.3, 0.4) is 0 Å². The number of aromatic nitrogens is 2. The number of carbonyl (C=O) groups excluding carboxylic acids is 2. The summed E-state index contributed by atoms with van der Waals surface area (Å²) in [5.74, 6) is 0.142. The number of aliphatic hydroxyl groups excluding tert-OH is 1. The second kappa shape index (κ2) is 11.8. The van der Waals surface area contributed by atoms with E-state index in [4.69, 9.17) is 9.47 Å². The molecule has 4 bridgehead atoms. The Kier molecular flexibility index (Phi) is 7.81. The van der Waals surface area contributed by atoms with Crippen LogP contribution >= 0.6 is 0 Å². The molecule has 2 amide bonds. The van der Waals surface area contributed by atoms with Crippen molar-refractivity contribution < 1.29 is 24.2 Å². The SMILES string of the molecule is O=C1N[C@H]2C[C@@H](C(=O)NC[C@H]3O[C@H](CCOc4cc(-c5ccccc5)ccc41)CC[C@@H]3O)N(Cc1cnc[nH]1)C2. The van der Waals surface area contributed by atoms with E-state index in [2.05, 4.69) is 20.6 Å². The lowest BCUT2D eigenvalue weighted by molar-refractivity contribution is -0.133. The molecule has 0 radical (unpaired) electrons. The molecule has 3 aliphatic rings. The number of rotatable bonds is 3. The molecule has 0 unspecified atom stereocenters. The van der Waals surface area contributed by atoms with Gasteiger partial charge < -0.3 is 30.2 Å². The highest BCUT2D eigenvalue weighted by atomic mass is 16.5. The molecule has 40 heavy (non-hydrogen) atoms. The molecule has 6 rings (SSSR count). The zero-order valence-electron chi connectivity index (χ0n) is 22.3. The maximum absolute atomic E-state index is 13.6. The van der Waals surface area contributed by atoms with Crippen LogP contribution in [0, 0.1) is 0 Å². The normalized spacial score (nSPS) is 27.8. The van der Waals surface area contributed by atoms with E-state index >= 15 is 0 Å². The van der Waals surface area contributed by atoms with Gasteiger partial charge in [-0.25, -0.2) is 4.98 Å². The maximum atomic E-state index is 13.6. The monoisotopic (exact) mass is 545 g/mol. The molecule has 2 aromatic carbocycles. The third-order valence-electron chi connectivity index (χ3n) is 8.06. The van der Waals surface area contributed by atoms with Crippen LogP contribution in [0.4, 0.5) is 0 Å². The number of hydrogen-bond donors (Lipinski definition) is 4. The van der Waals surface area contributed by atoms with Crippen LogP contribution in [0.15, 0.2) is 61.1 Å². The predicted octanol–water partition coefficient (Wildman–Crippen LogP) is 2.26. The lowest BCUT2D eigenvalue weighted by Gasteiger charge is -2.34. The number of fused-ring (bicyclic) bond motifs is 5. The first kappa shape index (κ1) is 26.5. The molecule has 4 N–H and O–H groups in total. The molecule has 2 saturated heterocycles. The summed E-state index contributed by atoms with van der Waals surface area (Å²) in [4.78, 5) is 36.2. The van der Waals surface area contributed by atoms with Gasteiger partial charge in [0.25, 0.3) is 5.91 Å². The summed E-state index contributed by atoms with van der Waals surface area (Å²) in [6.07, 6.45) is 4.49. The van der Waals surface area contributed by atoms with Crippen molar-refractivity contribution in [2.45, 2.75) is 62.6 Å². The highest BCUT2D eigenvalue weighted by Gasteiger charge is 2.39. The number of hydrogen-bond acceptors (Lipinski definition) is 7. The van der Waals surface area contributed by atoms with Crippen LogP contribution in [0.1, 0.15) is 41.7 Å². The smallest absolute Gasteiger partial charge is 0.255 e. The van der Waals surface area contributed by atoms with Gasteiger partial charge in [-0.3, -0.25) is 14.5 Å². The molecular formula is C30H35N5O5. The minimum absolute atomic E-state index is 0.111. The molecule has 3 aromatic rings. The Bertz CT molecular complexity index is 1320. The second-order valence-electron chi connectivity index (χ2n) is 10.8. The van der Waals surface area contributed by atoms with Gasteiger partial charge in [0.1, 0.15) is 11.9 Å². The number of nitrogens with one attached hydrogen (secondary N) is 3. The Morgan fingerprint density at radius 2 is 1.93 bits per heavy atom. The zero-order chi connectivity index (χ0) is 27.5. The third kappa shape index (κ3) is 5.89. The highest BCUT2D eigenvalue weighted by Crippen LogP contribution is 2.30. The van der Waals surface area contributed by atoms with Crippen LogP contribution in [-0.4, -0.2) is 81.9 Å². The van der Waals surface area contributed by atoms with Crippen molar-refractivity contribution in [1.82, 2.24) is 25.5 Å². The van der Waals surface area contributed by atoms with Crippen molar-refractivity contribution in [2.75, 3.05) is 19.7 Å². The van der Waals surface area contributed by atoms with Gasteiger partial charge in [0, 0.05) is 44.0 Å². The van der Waals surface area contributed by atoms with Crippen LogP contribution in [0.5, 0.6) is 5.75 Å². The van der Waals surface area contributed by atoms with Gasteiger partial charge in [-0.2, -0.15) is 0 Å². The number of aromatic amines is 1. The fraction of sp³-hybridized carbons (Fsp3) is 0.433. The van der Waals surface area contributed by atoms with E-state index in [-0.39, 0.29) is 30.5 Å². The first-order valence-electron chi connectivity index (χ1n) is 14.0. The molecule has 4 heterocycles. The Labute approximate surface area is 233 Å². The number of H-pyrrole nitrogens is 1. The molecule has 5 atom stereocenters. The molecule has 1 aromatic heterocycles. The summed E-state index contributed by atoms with van der Waals surface area (Å²) in [6.45, 7) is 1.59. The molecule has 0 aliphatic carbocycles. The summed E-state index contributed by atoms with van der Waals surface area (Å²) < 4.78 is 12.4. The van der Waals surface area contributed by atoms with Gasteiger partial charge in [-0.05, 0) is 42.5 Å². The molecule has 3 aliphatic heterocycles. The number of aliphatic hydroxyl groups is 1. The first-order chi connectivity index (χ1) is 19.5. The number of carbonyl (C=O) groups is 2. The fourth-order valence-electron chi connectivity index (χ4n) is 5.91. The van der Waals surface area contributed by atoms with Gasteiger partial charge in [0.05, 0.1) is 36.7 Å². The number of nitrogens with zero attached hydrogens (tertiary/aromatic N) is 2. The summed E-state index contributed by atoms with van der Waals surface area (Å²) >= 11 is 0. The van der Waals surface area contributed by atoms with Crippen molar-refractivity contribution >= 4 is 11.8 Å². The van der Waals surface area contributed by atoms with Crippen LogP contribution in [-0.2, 0) is 16.1 Å². The molecule has 0 saturated carbocycles. The first-order valence-corrected chi connectivity index (χ1v) is 14.0. The van der Waals surface area contributed by atoms with Gasteiger partial charge in [0.15, 0.2) is 0 Å². The largest absolute Gasteiger partial charge is 0.493 e. The zero-order valence-corrected chi connectivity index (χ0v) is 22.3. The lowest BCUT2D eigenvalue weighted by atomic mass is 9.99. The molecule has 0 spiro atoms. The topological polar surface area (TPSA) is 129 Å². The van der Waals surface area contributed by atoms with Crippen molar-refractivity contribution in [3.05, 3.63) is 72.3 Å². The van der Waals surface area contributed by atoms with Crippen LogP contribution < -0.4 is 15.4 Å². The third-order valence-corrected chi connectivity index (χ3v) is 8.06. The Balaban J connectivity index is 1.29. The number of likely N-dealkylation sites (tertiary alicyclic amines) is 1. The molecule has 10 nitrogen and oxygen atoms in total. The molecule has 10 heteroatoms. The highest BCUT2D eigenvalue weighted by molar-refractivity contribution is 5.98. The van der Waals surface area contributed by atoms with E-state index in [1.807, 2.05) is 47.4 Å². The van der Waals surface area contributed by atoms with E-state index in [1.54, 1.807) is 18.6 Å². The predicted molar refractivity (Wildman–Crippen MR) is 148 cm³/mol. The lowest BCUT2D eigenvalue weighted by Crippen LogP contribution is -2.50. The summed E-state index contributed by atoms with van der Waals surface area (Å²) in [6, 6.07) is 14.9. The average Bonchev–Trinajstić information content (AvgIpc) is 3.63. The number of amides is 2. The second-order valence-corrected chi connectivity index (χ2v) is 10.8. The molecular weight excluding hydrogens is 510 g/mol. The van der Waals surface area contributed by atoms with E-state index in [9.17, 15) is 14.7 Å². The van der Waals surface area contributed by atoms with E-state index in [1.165, 1.54) is 0 Å². The summed E-state index contributed by atoms with van der Waals surface area (Å²) in [5, 5.41) is 16.7. The van der Waals surface area contributed by atoms with Gasteiger partial charge in [-0.15, -0.1) is 0 Å². The number of imidazole rings is 1. The quantitative estimate of drug-likeness (QED) is 0.397. The fourth-order valence-corrected chi connectivity index (χ4v) is 5.91. The Hall–Kier alpha value is -3.73. The minimum atomic E-state index is -0.637. The number of ether oxygens (including phenoxy) is 2. The van der Waals surface area contributed by atoms with Gasteiger partial charge in [0.2, 0.25) is 5.91 Å². The van der Waals surface area contributed by atoms with Crippen molar-refractivity contribution in [3.63, 3.8) is 0 Å². The Morgan fingerprint density at radius 3 is 2.75 bits per heavy atom. The standard InChI is InChI=1S/C30H35N5O5/c36-26-9-7-23-10-11-39-27-12-20(19-4-2-1-3-5-19)6-8-24(27)29(37)34-21-13-25(30(38)32-15-28(26)40-23)35(16-21)17-22-14-31-18-33-22/h1-6,8,12,14,18,21,23,25-26,28,36H,7,9-11,13,15-17H2,(H,31,33)(H,32,38)(H,34,37)/t21-,23-,25-,26-,28+/m0/s1. The number of benzene rings is 2. The van der Waals surface area contributed by atoms with E-state index in [0.29, 0.717) is 56.7 Å². The summed E-state index contributed by atoms with van der Waals surface area (Å²) in [5.41, 5.74) is 3.34. The average molecular weight is 546 g/mol. The van der Waals surface area contributed by atoms with E-state index < -0.39 is 18.2 Å².